The molecule has 0 spiro atoms. The van der Waals surface area contributed by atoms with E-state index in [4.69, 9.17) is 11.6 Å². The molecule has 6 heteroatoms. The van der Waals surface area contributed by atoms with Gasteiger partial charge in [0.15, 0.2) is 0 Å². The summed E-state index contributed by atoms with van der Waals surface area (Å²) < 4.78 is 0. The van der Waals surface area contributed by atoms with Crippen molar-refractivity contribution in [2.24, 2.45) is 0 Å². The maximum absolute atomic E-state index is 11.8. The molecule has 5 nitrogen and oxygen atoms in total. The van der Waals surface area contributed by atoms with E-state index < -0.39 is 6.10 Å². The van der Waals surface area contributed by atoms with Gasteiger partial charge in [0.05, 0.1) is 12.6 Å². The molecule has 0 fully saturated rings. The number of amides is 2. The smallest absolute Gasteiger partial charge is 0.251 e. The number of nitrogens with one attached hydrogen (secondary N) is 2. The van der Waals surface area contributed by atoms with Crippen molar-refractivity contribution in [3.05, 3.63) is 70.7 Å². The molecule has 120 valence electrons. The lowest BCUT2D eigenvalue weighted by molar-refractivity contribution is -0.120. The summed E-state index contributed by atoms with van der Waals surface area (Å²) in [5.74, 6) is -0.693. The first-order valence-electron chi connectivity index (χ1n) is 7.10. The van der Waals surface area contributed by atoms with Gasteiger partial charge in [0.1, 0.15) is 0 Å². The predicted octanol–water partition coefficient (Wildman–Crippen LogP) is 1.92. The third-order valence-electron chi connectivity index (χ3n) is 3.19. The Bertz CT molecular complexity index is 659. The topological polar surface area (TPSA) is 78.4 Å². The highest BCUT2D eigenvalue weighted by Gasteiger charge is 2.11. The van der Waals surface area contributed by atoms with Crippen LogP contribution in [0.2, 0.25) is 5.02 Å². The molecule has 0 bridgehead atoms. The molecule has 0 saturated carbocycles. The minimum atomic E-state index is -0.832. The van der Waals surface area contributed by atoms with Crippen LogP contribution in [0, 0.1) is 0 Å². The van der Waals surface area contributed by atoms with Gasteiger partial charge in [-0.2, -0.15) is 0 Å². The highest BCUT2D eigenvalue weighted by atomic mass is 35.5. The highest BCUT2D eigenvalue weighted by Crippen LogP contribution is 2.15. The van der Waals surface area contributed by atoms with Crippen LogP contribution in [0.25, 0.3) is 0 Å². The second kappa shape index (κ2) is 8.31. The molecular formula is C17H17ClN2O3. The molecule has 0 saturated heterocycles. The van der Waals surface area contributed by atoms with Crippen molar-refractivity contribution in [1.29, 1.82) is 0 Å². The van der Waals surface area contributed by atoms with Crippen molar-refractivity contribution < 1.29 is 14.7 Å². The average molecular weight is 333 g/mol. The molecule has 0 aromatic heterocycles. The number of halogens is 1. The van der Waals surface area contributed by atoms with Crippen LogP contribution in [0.15, 0.2) is 54.6 Å². The fourth-order valence-corrected chi connectivity index (χ4v) is 2.05. The van der Waals surface area contributed by atoms with Crippen molar-refractivity contribution in [2.75, 3.05) is 13.1 Å². The van der Waals surface area contributed by atoms with E-state index in [-0.39, 0.29) is 24.9 Å². The first-order valence-corrected chi connectivity index (χ1v) is 7.47. The van der Waals surface area contributed by atoms with Gasteiger partial charge in [0, 0.05) is 17.1 Å². The number of carbonyl (C=O) groups is 2. The van der Waals surface area contributed by atoms with Crippen LogP contribution in [0.1, 0.15) is 22.0 Å². The summed E-state index contributed by atoms with van der Waals surface area (Å²) in [5.41, 5.74) is 1.14. The number of hydrogen-bond donors (Lipinski definition) is 3. The van der Waals surface area contributed by atoms with E-state index in [1.165, 1.54) is 0 Å². The molecule has 2 aromatic rings. The summed E-state index contributed by atoms with van der Waals surface area (Å²) >= 11 is 5.77. The van der Waals surface area contributed by atoms with Gasteiger partial charge in [-0.25, -0.2) is 0 Å². The van der Waals surface area contributed by atoms with Gasteiger partial charge in [0.25, 0.3) is 5.91 Å². The van der Waals surface area contributed by atoms with Crippen LogP contribution in [-0.2, 0) is 4.79 Å². The molecule has 0 heterocycles. The molecular weight excluding hydrogens is 316 g/mol. The van der Waals surface area contributed by atoms with Gasteiger partial charge in [-0.3, -0.25) is 9.59 Å². The Morgan fingerprint density at radius 2 is 1.65 bits per heavy atom. The Hall–Kier alpha value is -2.37. The molecule has 0 radical (unpaired) electrons. The zero-order valence-corrected chi connectivity index (χ0v) is 13.1. The Morgan fingerprint density at radius 1 is 1.00 bits per heavy atom. The molecule has 1 unspecified atom stereocenters. The van der Waals surface area contributed by atoms with E-state index in [9.17, 15) is 14.7 Å². The Kier molecular flexibility index (Phi) is 6.14. The van der Waals surface area contributed by atoms with Gasteiger partial charge >= 0.3 is 0 Å². The first-order chi connectivity index (χ1) is 11.1. The number of carbonyl (C=O) groups excluding carboxylic acids is 2. The van der Waals surface area contributed by atoms with Crippen molar-refractivity contribution in [3.63, 3.8) is 0 Å². The summed E-state index contributed by atoms with van der Waals surface area (Å²) in [6.45, 7) is -0.0945. The summed E-state index contributed by atoms with van der Waals surface area (Å²) in [6.07, 6.45) is -0.832. The van der Waals surface area contributed by atoms with Crippen LogP contribution in [0.4, 0.5) is 0 Å². The van der Waals surface area contributed by atoms with Gasteiger partial charge in [-0.15, -0.1) is 0 Å². The predicted molar refractivity (Wildman–Crippen MR) is 88.2 cm³/mol. The van der Waals surface area contributed by atoms with E-state index in [0.717, 1.165) is 0 Å². The standard InChI is InChI=1S/C17H17ClN2O3/c18-14-8-6-12(7-9-14)15(21)10-19-16(22)11-20-17(23)13-4-2-1-3-5-13/h1-9,15,21H,10-11H2,(H,19,22)(H,20,23). The summed E-state index contributed by atoms with van der Waals surface area (Å²) in [7, 11) is 0. The number of aliphatic hydroxyl groups is 1. The molecule has 2 aromatic carbocycles. The minimum Gasteiger partial charge on any atom is -0.387 e. The second-order valence-electron chi connectivity index (χ2n) is 4.92. The third kappa shape index (κ3) is 5.39. The van der Waals surface area contributed by atoms with Crippen molar-refractivity contribution in [3.8, 4) is 0 Å². The molecule has 1 atom stereocenters. The molecule has 0 aliphatic carbocycles. The van der Waals surface area contributed by atoms with Crippen LogP contribution < -0.4 is 10.6 Å². The number of benzene rings is 2. The van der Waals surface area contributed by atoms with Crippen LogP contribution >= 0.6 is 11.6 Å². The molecule has 2 amide bonds. The average Bonchev–Trinajstić information content (AvgIpc) is 2.59. The molecule has 0 aliphatic heterocycles. The molecule has 23 heavy (non-hydrogen) atoms. The largest absolute Gasteiger partial charge is 0.387 e. The number of aliphatic hydroxyl groups excluding tert-OH is 1. The Labute approximate surface area is 139 Å². The van der Waals surface area contributed by atoms with Gasteiger partial charge < -0.3 is 15.7 Å². The normalized spacial score (nSPS) is 11.6. The Balaban J connectivity index is 1.74. The van der Waals surface area contributed by atoms with Crippen molar-refractivity contribution in [1.82, 2.24) is 10.6 Å². The molecule has 3 N–H and O–H groups in total. The van der Waals surface area contributed by atoms with E-state index >= 15 is 0 Å². The maximum Gasteiger partial charge on any atom is 0.251 e. The fourth-order valence-electron chi connectivity index (χ4n) is 1.93. The number of rotatable bonds is 6. The lowest BCUT2D eigenvalue weighted by Crippen LogP contribution is -2.38. The van der Waals surface area contributed by atoms with Gasteiger partial charge in [-0.1, -0.05) is 41.9 Å². The Morgan fingerprint density at radius 3 is 2.30 bits per heavy atom. The first kappa shape index (κ1) is 17.0. The van der Waals surface area contributed by atoms with E-state index in [1.807, 2.05) is 6.07 Å². The maximum atomic E-state index is 11.8. The molecule has 0 aliphatic rings. The third-order valence-corrected chi connectivity index (χ3v) is 3.44. The van der Waals surface area contributed by atoms with Gasteiger partial charge in [0.2, 0.25) is 5.91 Å². The van der Waals surface area contributed by atoms with Gasteiger partial charge in [-0.05, 0) is 29.8 Å². The van der Waals surface area contributed by atoms with Crippen LogP contribution in [0.5, 0.6) is 0 Å². The lowest BCUT2D eigenvalue weighted by atomic mass is 10.1. The lowest BCUT2D eigenvalue weighted by Gasteiger charge is -2.12. The van der Waals surface area contributed by atoms with Crippen molar-refractivity contribution in [2.45, 2.75) is 6.10 Å². The SMILES string of the molecule is O=C(CNC(=O)c1ccccc1)NCC(O)c1ccc(Cl)cc1. The second-order valence-corrected chi connectivity index (χ2v) is 5.36. The monoisotopic (exact) mass is 332 g/mol. The zero-order chi connectivity index (χ0) is 16.7. The summed E-state index contributed by atoms with van der Waals surface area (Å²) in [6, 6.07) is 15.3. The van der Waals surface area contributed by atoms with E-state index in [0.29, 0.717) is 16.1 Å². The fraction of sp³-hybridized carbons (Fsp3) is 0.176. The van der Waals surface area contributed by atoms with Crippen LogP contribution in [0.3, 0.4) is 0 Å². The van der Waals surface area contributed by atoms with E-state index in [1.54, 1.807) is 48.5 Å². The highest BCUT2D eigenvalue weighted by molar-refractivity contribution is 6.30. The summed E-state index contributed by atoms with van der Waals surface area (Å²) in [5, 5.41) is 15.6. The number of hydrogen-bond acceptors (Lipinski definition) is 3. The van der Waals surface area contributed by atoms with E-state index in [2.05, 4.69) is 10.6 Å². The quantitative estimate of drug-likeness (QED) is 0.756. The zero-order valence-electron chi connectivity index (χ0n) is 12.3. The van der Waals surface area contributed by atoms with Crippen LogP contribution in [-0.4, -0.2) is 30.0 Å². The summed E-state index contributed by atoms with van der Waals surface area (Å²) in [4.78, 5) is 23.5. The van der Waals surface area contributed by atoms with Crippen molar-refractivity contribution >= 4 is 23.4 Å². The molecule has 2 rings (SSSR count). The minimum absolute atomic E-state index is 0.0572.